The number of carbonyl (C=O) groups is 1. The molecule has 0 saturated heterocycles. The van der Waals surface area contributed by atoms with Crippen LogP contribution in [0.1, 0.15) is 22.5 Å². The van der Waals surface area contributed by atoms with Gasteiger partial charge in [0.1, 0.15) is 12.4 Å². The normalized spacial score (nSPS) is 12.9. The van der Waals surface area contributed by atoms with Crippen molar-refractivity contribution in [2.24, 2.45) is 0 Å². The third-order valence-electron chi connectivity index (χ3n) is 4.10. The lowest BCUT2D eigenvalue weighted by Gasteiger charge is -2.10. The van der Waals surface area contributed by atoms with E-state index in [0.717, 1.165) is 12.2 Å². The van der Waals surface area contributed by atoms with Crippen molar-refractivity contribution in [2.75, 3.05) is 18.5 Å². The van der Waals surface area contributed by atoms with Gasteiger partial charge in [-0.15, -0.1) is 0 Å². The predicted molar refractivity (Wildman–Crippen MR) is 99.5 cm³/mol. The fraction of sp³-hybridized carbons (Fsp3) is 0.190. The fourth-order valence-electron chi connectivity index (χ4n) is 2.76. The van der Waals surface area contributed by atoms with E-state index in [1.165, 1.54) is 6.26 Å². The van der Waals surface area contributed by atoms with Crippen molar-refractivity contribution >= 4 is 11.6 Å². The van der Waals surface area contributed by atoms with Gasteiger partial charge in [-0.2, -0.15) is 0 Å². The summed E-state index contributed by atoms with van der Waals surface area (Å²) in [6, 6.07) is 16.5. The van der Waals surface area contributed by atoms with Gasteiger partial charge in [0.05, 0.1) is 19.5 Å². The zero-order valence-corrected chi connectivity index (χ0v) is 14.6. The zero-order chi connectivity index (χ0) is 18.5. The predicted octanol–water partition coefficient (Wildman–Crippen LogP) is 4.27. The van der Waals surface area contributed by atoms with Gasteiger partial charge < -0.3 is 23.9 Å². The van der Waals surface area contributed by atoms with Crippen molar-refractivity contribution in [3.8, 4) is 17.2 Å². The molecule has 0 bridgehead atoms. The fourth-order valence-corrected chi connectivity index (χ4v) is 2.76. The van der Waals surface area contributed by atoms with Gasteiger partial charge >= 0.3 is 0 Å². The van der Waals surface area contributed by atoms with E-state index in [-0.39, 0.29) is 18.3 Å². The minimum absolute atomic E-state index is 0.220. The van der Waals surface area contributed by atoms with Gasteiger partial charge in [0, 0.05) is 23.7 Å². The van der Waals surface area contributed by atoms with Crippen LogP contribution in [-0.2, 0) is 6.61 Å². The maximum Gasteiger partial charge on any atom is 0.291 e. The van der Waals surface area contributed by atoms with E-state index in [0.29, 0.717) is 36.0 Å². The van der Waals surface area contributed by atoms with Crippen molar-refractivity contribution in [1.82, 2.24) is 0 Å². The summed E-state index contributed by atoms with van der Waals surface area (Å²) < 4.78 is 22.3. The molecule has 0 unspecified atom stereocenters. The molecule has 0 fully saturated rings. The maximum atomic E-state index is 12.6. The summed E-state index contributed by atoms with van der Waals surface area (Å²) in [5.41, 5.74) is 1.28. The highest BCUT2D eigenvalue weighted by Crippen LogP contribution is 2.32. The quantitative estimate of drug-likeness (QED) is 0.731. The van der Waals surface area contributed by atoms with Crippen molar-refractivity contribution < 1.29 is 23.4 Å². The molecular formula is C21H19NO5. The van der Waals surface area contributed by atoms with Crippen molar-refractivity contribution in [1.29, 1.82) is 0 Å². The minimum Gasteiger partial charge on any atom is -0.490 e. The van der Waals surface area contributed by atoms with Crippen LogP contribution in [-0.4, -0.2) is 19.1 Å². The second-order valence-electron chi connectivity index (χ2n) is 6.04. The number of anilines is 1. The van der Waals surface area contributed by atoms with Crippen molar-refractivity contribution in [3.05, 3.63) is 72.2 Å². The molecular weight excluding hydrogens is 346 g/mol. The summed E-state index contributed by atoms with van der Waals surface area (Å²) in [6.07, 6.45) is 2.31. The van der Waals surface area contributed by atoms with E-state index >= 15 is 0 Å². The topological polar surface area (TPSA) is 69.9 Å². The average Bonchev–Trinajstić information content (AvgIpc) is 3.05. The number of para-hydroxylation sites is 1. The van der Waals surface area contributed by atoms with Gasteiger partial charge in [-0.25, -0.2) is 0 Å². The Labute approximate surface area is 156 Å². The van der Waals surface area contributed by atoms with Crippen LogP contribution in [0.5, 0.6) is 17.2 Å². The molecule has 138 valence electrons. The van der Waals surface area contributed by atoms with Crippen LogP contribution in [0.25, 0.3) is 0 Å². The first-order chi connectivity index (χ1) is 13.3. The number of nitrogens with one attached hydrogen (secondary N) is 1. The number of furan rings is 1. The molecule has 1 aromatic heterocycles. The Morgan fingerprint density at radius 2 is 1.81 bits per heavy atom. The monoisotopic (exact) mass is 365 g/mol. The standard InChI is InChI=1S/C21H19NO5/c23-21(22-16-7-8-18-19(13-16)25-11-4-10-24-18)20-15(9-12-26-20)14-27-17-5-2-1-3-6-17/h1-3,5-9,12-13H,4,10-11,14H2,(H,22,23). The van der Waals surface area contributed by atoms with Gasteiger partial charge in [-0.1, -0.05) is 18.2 Å². The van der Waals surface area contributed by atoms with Crippen LogP contribution < -0.4 is 19.5 Å². The molecule has 1 N–H and O–H groups in total. The molecule has 0 atom stereocenters. The summed E-state index contributed by atoms with van der Waals surface area (Å²) >= 11 is 0. The third-order valence-corrected chi connectivity index (χ3v) is 4.10. The van der Waals surface area contributed by atoms with Crippen LogP contribution in [0.4, 0.5) is 5.69 Å². The van der Waals surface area contributed by atoms with Crippen LogP contribution >= 0.6 is 0 Å². The summed E-state index contributed by atoms with van der Waals surface area (Å²) in [7, 11) is 0. The lowest BCUT2D eigenvalue weighted by Crippen LogP contribution is -2.13. The Bertz CT molecular complexity index is 919. The number of benzene rings is 2. The van der Waals surface area contributed by atoms with Gasteiger partial charge in [0.15, 0.2) is 17.3 Å². The minimum atomic E-state index is -0.346. The van der Waals surface area contributed by atoms with E-state index < -0.39 is 0 Å². The molecule has 2 heterocycles. The Morgan fingerprint density at radius 3 is 2.67 bits per heavy atom. The molecule has 3 aromatic rings. The molecule has 0 spiro atoms. The number of hydrogen-bond acceptors (Lipinski definition) is 5. The van der Waals surface area contributed by atoms with Crippen LogP contribution in [0, 0.1) is 0 Å². The molecule has 27 heavy (non-hydrogen) atoms. The molecule has 6 nitrogen and oxygen atoms in total. The molecule has 1 aliphatic rings. The zero-order valence-electron chi connectivity index (χ0n) is 14.6. The van der Waals surface area contributed by atoms with Crippen LogP contribution in [0.2, 0.25) is 0 Å². The molecule has 0 saturated carbocycles. The molecule has 0 aliphatic carbocycles. The highest BCUT2D eigenvalue weighted by atomic mass is 16.5. The Kier molecular flexibility index (Phi) is 4.96. The van der Waals surface area contributed by atoms with Gasteiger partial charge in [0.25, 0.3) is 5.91 Å². The number of carbonyl (C=O) groups excluding carboxylic acids is 1. The molecule has 6 heteroatoms. The smallest absolute Gasteiger partial charge is 0.291 e. The first kappa shape index (κ1) is 17.0. The molecule has 1 amide bonds. The van der Waals surface area contributed by atoms with Crippen molar-refractivity contribution in [3.63, 3.8) is 0 Å². The van der Waals surface area contributed by atoms with E-state index in [2.05, 4.69) is 5.32 Å². The Balaban J connectivity index is 1.44. The number of fused-ring (bicyclic) bond motifs is 1. The number of hydrogen-bond donors (Lipinski definition) is 1. The molecule has 4 rings (SSSR count). The molecule has 1 aliphatic heterocycles. The highest BCUT2D eigenvalue weighted by Gasteiger charge is 2.18. The number of ether oxygens (including phenoxy) is 3. The molecule has 2 aromatic carbocycles. The van der Waals surface area contributed by atoms with E-state index in [4.69, 9.17) is 18.6 Å². The van der Waals surface area contributed by atoms with Crippen LogP contribution in [0.3, 0.4) is 0 Å². The Hall–Kier alpha value is -3.41. The average molecular weight is 365 g/mol. The number of rotatable bonds is 5. The third kappa shape index (κ3) is 4.06. The SMILES string of the molecule is O=C(Nc1ccc2c(c1)OCCCO2)c1occc1COc1ccccc1. The van der Waals surface area contributed by atoms with Crippen LogP contribution in [0.15, 0.2) is 65.3 Å². The summed E-state index contributed by atoms with van der Waals surface area (Å²) in [6.45, 7) is 1.45. The highest BCUT2D eigenvalue weighted by molar-refractivity contribution is 6.03. The van der Waals surface area contributed by atoms with Gasteiger partial charge in [0.2, 0.25) is 0 Å². The Morgan fingerprint density at radius 1 is 1.00 bits per heavy atom. The summed E-state index contributed by atoms with van der Waals surface area (Å²) in [5.74, 6) is 1.91. The largest absolute Gasteiger partial charge is 0.490 e. The van der Waals surface area contributed by atoms with E-state index in [1.54, 1.807) is 24.3 Å². The number of amides is 1. The van der Waals surface area contributed by atoms with Crippen molar-refractivity contribution in [2.45, 2.75) is 13.0 Å². The molecule has 0 radical (unpaired) electrons. The lowest BCUT2D eigenvalue weighted by molar-refractivity contribution is 0.0993. The second-order valence-corrected chi connectivity index (χ2v) is 6.04. The first-order valence-corrected chi connectivity index (χ1v) is 8.75. The lowest BCUT2D eigenvalue weighted by atomic mass is 10.2. The maximum absolute atomic E-state index is 12.6. The van der Waals surface area contributed by atoms with Gasteiger partial charge in [-0.05, 0) is 30.3 Å². The first-order valence-electron chi connectivity index (χ1n) is 8.75. The summed E-state index contributed by atoms with van der Waals surface area (Å²) in [5, 5.41) is 2.83. The summed E-state index contributed by atoms with van der Waals surface area (Å²) in [4.78, 5) is 12.6. The van der Waals surface area contributed by atoms with E-state index in [9.17, 15) is 4.79 Å². The van der Waals surface area contributed by atoms with E-state index in [1.807, 2.05) is 30.3 Å². The second kappa shape index (κ2) is 7.86. The van der Waals surface area contributed by atoms with Gasteiger partial charge in [-0.3, -0.25) is 4.79 Å².